The smallest absolute Gasteiger partial charge is 0.0190 e. The fraction of sp³-hybridized carbons (Fsp3) is 0.324. The van der Waals surface area contributed by atoms with Crippen LogP contribution in [-0.2, 0) is 80.9 Å². The number of benzene rings is 3. The molecule has 0 aliphatic carbocycles. The zero-order chi connectivity index (χ0) is 32.7. The first-order chi connectivity index (χ1) is 20.3. The Balaban J connectivity index is 0.000000556. The van der Waals surface area contributed by atoms with Gasteiger partial charge in [0.25, 0.3) is 0 Å². The van der Waals surface area contributed by atoms with Crippen LogP contribution in [0, 0.1) is 34.6 Å². The molecule has 10 heteroatoms. The van der Waals surface area contributed by atoms with Crippen LogP contribution >= 0.6 is 54.4 Å². The molecule has 3 atom stereocenters. The SMILES string of the molecule is CCc1ccccc1[PH](=S)S.CCc1ccccc1[PH](=S)S.CCc1ccccc1[PH](=S)S.Cc1c(C)c(C)[c-](C)c1C.[Zr]. The molecule has 0 spiro atoms. The zero-order valence-corrected chi connectivity index (χ0v) is 37.7. The van der Waals surface area contributed by atoms with Gasteiger partial charge < -0.3 is 0 Å². The molecule has 0 saturated heterocycles. The van der Waals surface area contributed by atoms with Crippen LogP contribution in [0.3, 0.4) is 0 Å². The number of hydrogen-bond acceptors (Lipinski definition) is 3. The first-order valence-electron chi connectivity index (χ1n) is 14.4. The molecule has 4 aromatic rings. The topological polar surface area (TPSA) is 0 Å². The van der Waals surface area contributed by atoms with Crippen molar-refractivity contribution in [2.24, 2.45) is 0 Å². The molecule has 0 aliphatic rings. The van der Waals surface area contributed by atoms with Crippen molar-refractivity contribution in [3.63, 3.8) is 0 Å². The summed E-state index contributed by atoms with van der Waals surface area (Å²) in [6, 6.07) is 24.9. The quantitative estimate of drug-likeness (QED) is 0.101. The first-order valence-corrected chi connectivity index (χ1v) is 26.2. The molecular formula is C34H48P3S6Zr-. The summed E-state index contributed by atoms with van der Waals surface area (Å²) in [5.41, 5.74) is 11.4. The van der Waals surface area contributed by atoms with Crippen LogP contribution in [0.15, 0.2) is 72.8 Å². The normalized spacial score (nSPS) is 12.1. The Labute approximate surface area is 320 Å². The molecule has 0 bridgehead atoms. The van der Waals surface area contributed by atoms with E-state index in [1.54, 1.807) is 0 Å². The summed E-state index contributed by atoms with van der Waals surface area (Å²) in [7, 11) is 0. The molecule has 0 saturated carbocycles. The van der Waals surface area contributed by atoms with Crippen molar-refractivity contribution in [1.29, 1.82) is 0 Å². The maximum atomic E-state index is 5.17. The van der Waals surface area contributed by atoms with Gasteiger partial charge in [0.15, 0.2) is 0 Å². The van der Waals surface area contributed by atoms with Crippen molar-refractivity contribution in [2.75, 3.05) is 0 Å². The first kappa shape index (κ1) is 44.9. The van der Waals surface area contributed by atoms with Gasteiger partial charge in [0.05, 0.1) is 0 Å². The Bertz CT molecular complexity index is 1310. The van der Waals surface area contributed by atoms with E-state index in [-0.39, 0.29) is 26.2 Å². The van der Waals surface area contributed by atoms with Crippen LogP contribution in [0.5, 0.6) is 0 Å². The van der Waals surface area contributed by atoms with Crippen molar-refractivity contribution in [3.05, 3.63) is 117 Å². The van der Waals surface area contributed by atoms with Crippen molar-refractivity contribution < 1.29 is 26.2 Å². The van der Waals surface area contributed by atoms with Crippen LogP contribution in [0.2, 0.25) is 0 Å². The van der Waals surface area contributed by atoms with E-state index in [0.29, 0.717) is 0 Å². The third-order valence-electron chi connectivity index (χ3n) is 7.70. The molecule has 0 aliphatic heterocycles. The van der Waals surface area contributed by atoms with Crippen LogP contribution in [0.25, 0.3) is 0 Å². The van der Waals surface area contributed by atoms with Gasteiger partial charge in [-0.05, 0) is 51.9 Å². The summed E-state index contributed by atoms with van der Waals surface area (Å²) >= 11 is 28.5. The van der Waals surface area contributed by atoms with Gasteiger partial charge in [-0.3, -0.25) is 0 Å². The van der Waals surface area contributed by atoms with Gasteiger partial charge in [-0.15, -0.1) is 36.7 Å². The van der Waals surface area contributed by atoms with Crippen molar-refractivity contribution in [3.8, 4) is 0 Å². The molecule has 4 aromatic carbocycles. The molecule has 0 radical (unpaired) electrons. The van der Waals surface area contributed by atoms with Gasteiger partial charge in [-0.2, -0.15) is 27.8 Å². The van der Waals surface area contributed by atoms with Crippen LogP contribution in [0.4, 0.5) is 0 Å². The van der Waals surface area contributed by atoms with Gasteiger partial charge >= 0.3 is 0 Å². The average molecular weight is 833 g/mol. The number of rotatable bonds is 6. The molecule has 240 valence electrons. The number of aryl methyl sites for hydroxylation is 3. The monoisotopic (exact) mass is 831 g/mol. The fourth-order valence-corrected chi connectivity index (χ4v) is 10.6. The van der Waals surface area contributed by atoms with E-state index in [2.05, 4.69) is 147 Å². The molecule has 0 aromatic heterocycles. The molecule has 0 nitrogen and oxygen atoms in total. The summed E-state index contributed by atoms with van der Waals surface area (Å²) in [5, 5.41) is 3.83. The average Bonchev–Trinajstić information content (AvgIpc) is 3.18. The third-order valence-corrected chi connectivity index (χ3v) is 14.7. The maximum absolute atomic E-state index is 5.17. The predicted octanol–water partition coefficient (Wildman–Crippen LogP) is 10.1. The molecule has 0 N–H and O–H groups in total. The molecule has 0 fully saturated rings. The summed E-state index contributed by atoms with van der Waals surface area (Å²) < 4.78 is 0. The van der Waals surface area contributed by atoms with Crippen molar-refractivity contribution in [2.45, 2.75) is 74.7 Å². The van der Waals surface area contributed by atoms with E-state index < -0.39 is 17.7 Å². The zero-order valence-electron chi connectivity index (χ0n) is 27.1. The van der Waals surface area contributed by atoms with E-state index in [1.165, 1.54) is 60.4 Å². The third kappa shape index (κ3) is 14.6. The fourth-order valence-electron chi connectivity index (χ4n) is 4.52. The number of thiol groups is 3. The minimum absolute atomic E-state index is 0. The maximum Gasteiger partial charge on any atom is 0.0190 e. The van der Waals surface area contributed by atoms with E-state index in [0.717, 1.165) is 19.3 Å². The van der Waals surface area contributed by atoms with Gasteiger partial charge in [-0.25, -0.2) is 0 Å². The van der Waals surface area contributed by atoms with Crippen LogP contribution in [-0.4, -0.2) is 0 Å². The summed E-state index contributed by atoms with van der Waals surface area (Å²) in [6.07, 6.45) is 3.17. The Morgan fingerprint density at radius 3 is 0.886 bits per heavy atom. The molecule has 0 heterocycles. The van der Waals surface area contributed by atoms with E-state index in [4.69, 9.17) is 35.4 Å². The van der Waals surface area contributed by atoms with Crippen molar-refractivity contribution >= 4 is 106 Å². The minimum Gasteiger partial charge on any atom is -0.196 e. The minimum atomic E-state index is -0.976. The Kier molecular flexibility index (Phi) is 24.6. The summed E-state index contributed by atoms with van der Waals surface area (Å²) in [6.45, 7) is 17.4. The van der Waals surface area contributed by atoms with E-state index in [1.807, 2.05) is 18.2 Å². The second-order valence-corrected chi connectivity index (χ2v) is 23.9. The largest absolute Gasteiger partial charge is 0.196 e. The Morgan fingerprint density at radius 1 is 0.523 bits per heavy atom. The molecule has 4 rings (SSSR count). The molecule has 44 heavy (non-hydrogen) atoms. The summed E-state index contributed by atoms with van der Waals surface area (Å²) in [4.78, 5) is 0. The Morgan fingerprint density at radius 2 is 0.750 bits per heavy atom. The van der Waals surface area contributed by atoms with Crippen LogP contribution < -0.4 is 15.9 Å². The second-order valence-electron chi connectivity index (χ2n) is 10.1. The van der Waals surface area contributed by atoms with E-state index in [9.17, 15) is 0 Å². The van der Waals surface area contributed by atoms with Gasteiger partial charge in [0, 0.05) is 43.9 Å². The molecular weight excluding hydrogens is 785 g/mol. The molecule has 3 unspecified atom stereocenters. The van der Waals surface area contributed by atoms with Gasteiger partial charge in [-0.1, -0.05) is 164 Å². The predicted molar refractivity (Wildman–Crippen MR) is 226 cm³/mol. The molecule has 0 amide bonds. The van der Waals surface area contributed by atoms with E-state index >= 15 is 0 Å². The van der Waals surface area contributed by atoms with Gasteiger partial charge in [0.1, 0.15) is 0 Å². The summed E-state index contributed by atoms with van der Waals surface area (Å²) in [5.74, 6) is -2.93. The Hall–Kier alpha value is 0.893. The standard InChI is InChI=1S/C10H15.3C8H11PS2.Zr/c1-6-7(2)9(4)10(5)8(6)3;3*1-2-7-5-3-4-6-8(7)9(10)11;/h1-5H3;3*3-6,9H,2H2,1H3,(H,10,11);/q-1;;;;. The van der Waals surface area contributed by atoms with Gasteiger partial charge in [0.2, 0.25) is 0 Å². The van der Waals surface area contributed by atoms with Crippen molar-refractivity contribution in [1.82, 2.24) is 0 Å². The number of hydrogen-bond donors (Lipinski definition) is 3. The second kappa shape index (κ2) is 24.1. The van der Waals surface area contributed by atoms with Crippen LogP contribution in [0.1, 0.15) is 65.3 Å².